The first-order valence-corrected chi connectivity index (χ1v) is 18.9. The van der Waals surface area contributed by atoms with E-state index < -0.39 is 12.3 Å². The van der Waals surface area contributed by atoms with Gasteiger partial charge in [-0.05, 0) is 52.8 Å². The maximum atomic E-state index is 12.5. The van der Waals surface area contributed by atoms with Crippen molar-refractivity contribution in [3.8, 4) is 11.1 Å². The van der Waals surface area contributed by atoms with Crippen molar-refractivity contribution in [2.45, 2.75) is 80.9 Å². The molecule has 1 aromatic heterocycles. The Morgan fingerprint density at radius 3 is 2.32 bits per heavy atom. The van der Waals surface area contributed by atoms with Crippen LogP contribution in [-0.2, 0) is 32.2 Å². The highest BCUT2D eigenvalue weighted by Gasteiger charge is 2.32. The van der Waals surface area contributed by atoms with Crippen molar-refractivity contribution < 1.29 is 29.3 Å². The molecule has 3 atom stereocenters. The van der Waals surface area contributed by atoms with Gasteiger partial charge < -0.3 is 25.0 Å². The zero-order valence-corrected chi connectivity index (χ0v) is 29.5. The molecule has 50 heavy (non-hydrogen) atoms. The maximum absolute atomic E-state index is 12.5. The minimum atomic E-state index is -0.776. The summed E-state index contributed by atoms with van der Waals surface area (Å²) in [6.07, 6.45) is 3.57. The minimum Gasteiger partial charge on any atom is -0.481 e. The number of aromatic nitrogens is 1. The topological polar surface area (TPSA) is 118 Å². The summed E-state index contributed by atoms with van der Waals surface area (Å²) in [4.78, 5) is 28.0. The van der Waals surface area contributed by atoms with Gasteiger partial charge in [-0.25, -0.2) is 4.98 Å². The number of hydrogen-bond acceptors (Lipinski definition) is 8. The fourth-order valence-corrected chi connectivity index (χ4v) is 8.19. The number of thioether (sulfide) groups is 1. The van der Waals surface area contributed by atoms with Crippen molar-refractivity contribution >= 4 is 45.2 Å². The van der Waals surface area contributed by atoms with Crippen LogP contribution in [0.2, 0.25) is 0 Å². The van der Waals surface area contributed by atoms with Gasteiger partial charge in [0, 0.05) is 37.1 Å². The van der Waals surface area contributed by atoms with Gasteiger partial charge in [0.05, 0.1) is 29.0 Å². The smallest absolute Gasteiger partial charge is 0.303 e. The standard InChI is InChI=1S/C40H42N2O6S2/c43-25-27-15-17-29(18-16-27)35-23-32(26-49-40-42-34-11-7-8-12-36(34)50-40)47-39(48-35)30-21-19-28(20-22-30)33-10-6-5-9-31(33)24-41-37(44)13-3-1-2-4-14-38(45)46/h5-12,15-22,32,35,39,43H,1-4,13-14,23-26H2,(H,41,44)(H,45,46). The summed E-state index contributed by atoms with van der Waals surface area (Å²) in [5.41, 5.74) is 6.96. The number of carbonyl (C=O) groups is 2. The Bertz CT molecular complexity index is 1830. The van der Waals surface area contributed by atoms with Crippen molar-refractivity contribution in [2.75, 3.05) is 5.75 Å². The van der Waals surface area contributed by atoms with E-state index >= 15 is 0 Å². The van der Waals surface area contributed by atoms with Gasteiger partial charge in [0.15, 0.2) is 10.6 Å². The fraction of sp³-hybridized carbons (Fsp3) is 0.325. The zero-order valence-electron chi connectivity index (χ0n) is 27.8. The third kappa shape index (κ3) is 9.80. The fourth-order valence-electron chi connectivity index (χ4n) is 6.07. The number of carboxylic acid groups (broad SMARTS) is 1. The number of aliphatic carboxylic acids is 1. The molecule has 8 nitrogen and oxygen atoms in total. The monoisotopic (exact) mass is 710 g/mol. The van der Waals surface area contributed by atoms with Crippen LogP contribution in [0.5, 0.6) is 0 Å². The lowest BCUT2D eigenvalue weighted by molar-refractivity contribution is -0.245. The minimum absolute atomic E-state index is 0.00159. The highest BCUT2D eigenvalue weighted by Crippen LogP contribution is 2.40. The predicted octanol–water partition coefficient (Wildman–Crippen LogP) is 8.83. The quantitative estimate of drug-likeness (QED) is 0.0687. The van der Waals surface area contributed by atoms with Crippen LogP contribution in [0.4, 0.5) is 0 Å². The molecule has 0 radical (unpaired) electrons. The molecule has 0 spiro atoms. The molecule has 3 unspecified atom stereocenters. The van der Waals surface area contributed by atoms with Crippen LogP contribution < -0.4 is 5.32 Å². The number of rotatable bonds is 16. The Hall–Kier alpha value is -4.06. The molecule has 5 aromatic rings. The van der Waals surface area contributed by atoms with Gasteiger partial charge in [-0.1, -0.05) is 110 Å². The number of para-hydroxylation sites is 1. The summed E-state index contributed by atoms with van der Waals surface area (Å²) in [5.74, 6) is -0.0363. The average Bonchev–Trinajstić information content (AvgIpc) is 3.58. The van der Waals surface area contributed by atoms with Gasteiger partial charge in [0.1, 0.15) is 0 Å². The van der Waals surface area contributed by atoms with Gasteiger partial charge in [-0.15, -0.1) is 11.3 Å². The molecule has 2 heterocycles. The van der Waals surface area contributed by atoms with E-state index in [2.05, 4.69) is 41.7 Å². The van der Waals surface area contributed by atoms with E-state index in [4.69, 9.17) is 19.6 Å². The molecule has 0 bridgehead atoms. The molecular formula is C40H42N2O6S2. The number of amides is 1. The van der Waals surface area contributed by atoms with Gasteiger partial charge in [0.2, 0.25) is 5.91 Å². The van der Waals surface area contributed by atoms with Gasteiger partial charge in [-0.2, -0.15) is 0 Å². The summed E-state index contributed by atoms with van der Waals surface area (Å²) in [5, 5.41) is 21.4. The lowest BCUT2D eigenvalue weighted by Gasteiger charge is -2.36. The lowest BCUT2D eigenvalue weighted by Crippen LogP contribution is -2.31. The molecule has 6 rings (SSSR count). The molecule has 4 aromatic carbocycles. The molecule has 10 heteroatoms. The summed E-state index contributed by atoms with van der Waals surface area (Å²) < 4.78 is 15.4. The second kappa shape index (κ2) is 17.7. The number of carboxylic acids is 1. The lowest BCUT2D eigenvalue weighted by atomic mass is 9.97. The van der Waals surface area contributed by atoms with E-state index in [1.807, 2.05) is 60.7 Å². The van der Waals surface area contributed by atoms with E-state index in [-0.39, 0.29) is 31.1 Å². The number of nitrogens with zero attached hydrogens (tertiary/aromatic N) is 1. The molecule has 0 aliphatic carbocycles. The summed E-state index contributed by atoms with van der Waals surface area (Å²) in [6, 6.07) is 32.4. The number of nitrogens with one attached hydrogen (secondary N) is 1. The predicted molar refractivity (Wildman–Crippen MR) is 198 cm³/mol. The first-order valence-electron chi connectivity index (χ1n) is 17.1. The van der Waals surface area contributed by atoms with Crippen LogP contribution in [0.3, 0.4) is 0 Å². The third-order valence-electron chi connectivity index (χ3n) is 8.81. The van der Waals surface area contributed by atoms with Crippen LogP contribution in [0, 0.1) is 0 Å². The average molecular weight is 711 g/mol. The van der Waals surface area contributed by atoms with Crippen LogP contribution in [-0.4, -0.2) is 38.9 Å². The molecule has 3 N–H and O–H groups in total. The Labute approximate surface area is 300 Å². The summed E-state index contributed by atoms with van der Waals surface area (Å²) in [6.45, 7) is 0.424. The van der Waals surface area contributed by atoms with Crippen molar-refractivity contribution in [1.29, 1.82) is 0 Å². The second-order valence-corrected chi connectivity index (χ2v) is 14.8. The number of aliphatic hydroxyl groups is 1. The Kier molecular flexibility index (Phi) is 12.7. The maximum Gasteiger partial charge on any atom is 0.303 e. The number of aliphatic hydroxyl groups excluding tert-OH is 1. The summed E-state index contributed by atoms with van der Waals surface area (Å²) in [7, 11) is 0. The Balaban J connectivity index is 1.11. The molecule has 1 saturated heterocycles. The first-order chi connectivity index (χ1) is 24.4. The number of carbonyl (C=O) groups excluding carboxylic acids is 1. The Morgan fingerprint density at radius 2 is 1.56 bits per heavy atom. The molecule has 0 saturated carbocycles. The molecular weight excluding hydrogens is 669 g/mol. The van der Waals surface area contributed by atoms with Gasteiger partial charge in [0.25, 0.3) is 0 Å². The SMILES string of the molecule is O=C(O)CCCCCCC(=O)NCc1ccccc1-c1ccc(C2OC(CSc3nc4ccccc4s3)CC(c3ccc(CO)cc3)O2)cc1. The third-order valence-corrected chi connectivity index (χ3v) is 11.1. The number of fused-ring (bicyclic) bond motifs is 1. The van der Waals surface area contributed by atoms with E-state index in [0.717, 1.165) is 68.3 Å². The second-order valence-electron chi connectivity index (χ2n) is 12.5. The molecule has 260 valence electrons. The van der Waals surface area contributed by atoms with Gasteiger partial charge in [-0.3, -0.25) is 9.59 Å². The summed E-state index contributed by atoms with van der Waals surface area (Å²) >= 11 is 3.41. The first kappa shape index (κ1) is 35.8. The van der Waals surface area contributed by atoms with Crippen LogP contribution in [0.25, 0.3) is 21.3 Å². The van der Waals surface area contributed by atoms with Crippen LogP contribution in [0.1, 0.15) is 79.6 Å². The largest absolute Gasteiger partial charge is 0.481 e. The van der Waals surface area contributed by atoms with Crippen molar-refractivity contribution in [3.63, 3.8) is 0 Å². The van der Waals surface area contributed by atoms with E-state index in [1.165, 1.54) is 4.70 Å². The van der Waals surface area contributed by atoms with Crippen LogP contribution >= 0.6 is 23.1 Å². The van der Waals surface area contributed by atoms with E-state index in [0.29, 0.717) is 25.8 Å². The van der Waals surface area contributed by atoms with E-state index in [1.54, 1.807) is 23.1 Å². The van der Waals surface area contributed by atoms with Crippen molar-refractivity contribution in [3.05, 3.63) is 119 Å². The number of benzene rings is 4. The number of hydrogen-bond donors (Lipinski definition) is 3. The molecule has 1 amide bonds. The van der Waals surface area contributed by atoms with Crippen LogP contribution in [0.15, 0.2) is 101 Å². The normalized spacial score (nSPS) is 17.5. The van der Waals surface area contributed by atoms with E-state index in [9.17, 15) is 14.7 Å². The number of unbranched alkanes of at least 4 members (excludes halogenated alkanes) is 3. The number of ether oxygens (including phenoxy) is 2. The van der Waals surface area contributed by atoms with Crippen molar-refractivity contribution in [1.82, 2.24) is 10.3 Å². The molecule has 1 aliphatic rings. The number of thiazole rings is 1. The zero-order chi connectivity index (χ0) is 34.7. The molecule has 1 aliphatic heterocycles. The Morgan fingerprint density at radius 1 is 0.840 bits per heavy atom. The molecule has 1 fully saturated rings. The van der Waals surface area contributed by atoms with Crippen molar-refractivity contribution in [2.24, 2.45) is 0 Å². The highest BCUT2D eigenvalue weighted by molar-refractivity contribution is 8.01. The highest BCUT2D eigenvalue weighted by atomic mass is 32.2. The van der Waals surface area contributed by atoms with Gasteiger partial charge >= 0.3 is 5.97 Å².